The molecule has 0 bridgehead atoms. The zero-order chi connectivity index (χ0) is 19.8. The highest BCUT2D eigenvalue weighted by Gasteiger charge is 2.43. The number of piperidine rings is 1. The van der Waals surface area contributed by atoms with Crippen molar-refractivity contribution in [3.63, 3.8) is 0 Å². The SMILES string of the molecule is O=C(CC1=CSC2=NCCN12)N1CCC2(CCCN(Cc3ccc(F)cc3)C2)C1. The number of fused-ring (bicyclic) bond motifs is 1. The van der Waals surface area contributed by atoms with Crippen LogP contribution in [0.5, 0.6) is 0 Å². The Morgan fingerprint density at radius 2 is 2.00 bits per heavy atom. The van der Waals surface area contributed by atoms with Crippen LogP contribution in [0.1, 0.15) is 31.2 Å². The standard InChI is InChI=1S/C22H27FN4OS/c23-18-4-2-17(3-5-18)13-25-9-1-6-22(15-25)7-10-26(16-22)20(28)12-19-14-29-21-24-8-11-27(19)21/h2-5,14H,1,6-13,15-16H2. The number of carbonyl (C=O) groups is 1. The molecule has 4 aliphatic rings. The lowest BCUT2D eigenvalue weighted by atomic mass is 9.79. The Morgan fingerprint density at radius 3 is 2.86 bits per heavy atom. The number of halogens is 1. The van der Waals surface area contributed by atoms with Crippen LogP contribution >= 0.6 is 11.8 Å². The quantitative estimate of drug-likeness (QED) is 0.758. The van der Waals surface area contributed by atoms with Crippen LogP contribution < -0.4 is 0 Å². The van der Waals surface area contributed by atoms with E-state index < -0.39 is 0 Å². The number of rotatable bonds is 4. The van der Waals surface area contributed by atoms with E-state index in [4.69, 9.17) is 0 Å². The third-order valence-electron chi connectivity index (χ3n) is 6.63. The van der Waals surface area contributed by atoms with Crippen LogP contribution in [0.2, 0.25) is 0 Å². The normalized spacial score (nSPS) is 26.8. The fourth-order valence-corrected chi connectivity index (χ4v) is 6.11. The number of benzene rings is 1. The van der Waals surface area contributed by atoms with Gasteiger partial charge in [0.2, 0.25) is 5.91 Å². The number of nitrogens with zero attached hydrogens (tertiary/aromatic N) is 4. The lowest BCUT2D eigenvalue weighted by Gasteiger charge is -2.40. The Bertz CT molecular complexity index is 855. The summed E-state index contributed by atoms with van der Waals surface area (Å²) in [6, 6.07) is 6.84. The predicted octanol–water partition coefficient (Wildman–Crippen LogP) is 3.29. The zero-order valence-electron chi connectivity index (χ0n) is 16.6. The molecule has 1 amide bonds. The van der Waals surface area contributed by atoms with E-state index in [2.05, 4.69) is 25.1 Å². The summed E-state index contributed by atoms with van der Waals surface area (Å²) in [4.78, 5) is 24.2. The minimum absolute atomic E-state index is 0.183. The molecule has 5 nitrogen and oxygen atoms in total. The number of hydrogen-bond acceptors (Lipinski definition) is 5. The molecule has 1 unspecified atom stereocenters. The van der Waals surface area contributed by atoms with E-state index in [1.807, 2.05) is 12.1 Å². The molecule has 4 aliphatic heterocycles. The summed E-state index contributed by atoms with van der Waals surface area (Å²) in [6.07, 6.45) is 3.93. The highest BCUT2D eigenvalue weighted by molar-refractivity contribution is 8.16. The fourth-order valence-electron chi connectivity index (χ4n) is 5.16. The minimum atomic E-state index is -0.183. The summed E-state index contributed by atoms with van der Waals surface area (Å²) in [5.74, 6) is 0.0643. The Labute approximate surface area is 175 Å². The van der Waals surface area contributed by atoms with Gasteiger partial charge in [0.05, 0.1) is 13.0 Å². The predicted molar refractivity (Wildman–Crippen MR) is 114 cm³/mol. The van der Waals surface area contributed by atoms with Gasteiger partial charge >= 0.3 is 0 Å². The van der Waals surface area contributed by atoms with Gasteiger partial charge in [-0.1, -0.05) is 23.9 Å². The summed E-state index contributed by atoms with van der Waals surface area (Å²) in [7, 11) is 0. The van der Waals surface area contributed by atoms with Crippen molar-refractivity contribution in [2.24, 2.45) is 10.4 Å². The van der Waals surface area contributed by atoms with Crippen molar-refractivity contribution < 1.29 is 9.18 Å². The van der Waals surface area contributed by atoms with E-state index in [0.29, 0.717) is 6.42 Å². The smallest absolute Gasteiger partial charge is 0.228 e. The van der Waals surface area contributed by atoms with Crippen molar-refractivity contribution >= 4 is 22.8 Å². The first kappa shape index (κ1) is 19.1. The van der Waals surface area contributed by atoms with Crippen molar-refractivity contribution in [3.8, 4) is 0 Å². The van der Waals surface area contributed by atoms with Crippen molar-refractivity contribution in [2.45, 2.75) is 32.2 Å². The summed E-state index contributed by atoms with van der Waals surface area (Å²) >= 11 is 1.64. The number of thioether (sulfide) groups is 1. The Hall–Kier alpha value is -1.86. The third kappa shape index (κ3) is 3.94. The molecule has 0 N–H and O–H groups in total. The van der Waals surface area contributed by atoms with Crippen LogP contribution in [0, 0.1) is 11.2 Å². The first-order valence-electron chi connectivity index (χ1n) is 10.5. The van der Waals surface area contributed by atoms with E-state index >= 15 is 0 Å². The molecule has 5 rings (SSSR count). The maximum Gasteiger partial charge on any atom is 0.228 e. The van der Waals surface area contributed by atoms with Crippen molar-refractivity contribution in [3.05, 3.63) is 46.8 Å². The number of amidine groups is 1. The molecule has 1 aromatic rings. The van der Waals surface area contributed by atoms with Crippen LogP contribution in [-0.2, 0) is 11.3 Å². The molecule has 7 heteroatoms. The maximum atomic E-state index is 13.2. The molecule has 0 aromatic heterocycles. The average molecular weight is 415 g/mol. The van der Waals surface area contributed by atoms with Crippen LogP contribution in [0.4, 0.5) is 4.39 Å². The molecular formula is C22H27FN4OS. The fraction of sp³-hybridized carbons (Fsp3) is 0.545. The number of aliphatic imine (C=N–C) groups is 1. The van der Waals surface area contributed by atoms with Crippen LogP contribution in [-0.4, -0.2) is 65.0 Å². The Balaban J connectivity index is 1.18. The van der Waals surface area contributed by atoms with Crippen LogP contribution in [0.25, 0.3) is 0 Å². The Morgan fingerprint density at radius 1 is 1.14 bits per heavy atom. The number of hydrogen-bond donors (Lipinski definition) is 0. The summed E-state index contributed by atoms with van der Waals surface area (Å²) in [5.41, 5.74) is 2.48. The molecule has 4 heterocycles. The topological polar surface area (TPSA) is 39.2 Å². The maximum absolute atomic E-state index is 13.2. The molecule has 154 valence electrons. The molecule has 0 aliphatic carbocycles. The van der Waals surface area contributed by atoms with Gasteiger partial charge in [-0.05, 0) is 48.9 Å². The zero-order valence-corrected chi connectivity index (χ0v) is 17.5. The van der Waals surface area contributed by atoms with Crippen molar-refractivity contribution in [1.82, 2.24) is 14.7 Å². The van der Waals surface area contributed by atoms with E-state index in [9.17, 15) is 9.18 Å². The lowest BCUT2D eigenvalue weighted by molar-refractivity contribution is -0.130. The van der Waals surface area contributed by atoms with Gasteiger partial charge in [0.1, 0.15) is 5.82 Å². The number of amides is 1. The Kier molecular flexibility index (Phi) is 5.12. The van der Waals surface area contributed by atoms with E-state index in [0.717, 1.165) is 68.7 Å². The van der Waals surface area contributed by atoms with E-state index in [1.54, 1.807) is 11.8 Å². The van der Waals surface area contributed by atoms with Crippen LogP contribution in [0.3, 0.4) is 0 Å². The molecule has 2 saturated heterocycles. The molecule has 1 spiro atoms. The second-order valence-electron chi connectivity index (χ2n) is 8.73. The van der Waals surface area contributed by atoms with Gasteiger partial charge in [-0.2, -0.15) is 0 Å². The van der Waals surface area contributed by atoms with Gasteiger partial charge in [-0.3, -0.25) is 14.7 Å². The summed E-state index contributed by atoms with van der Waals surface area (Å²) < 4.78 is 13.2. The molecule has 0 radical (unpaired) electrons. The molecule has 1 atom stereocenters. The van der Waals surface area contributed by atoms with Gasteiger partial charge in [0, 0.05) is 43.8 Å². The molecular weight excluding hydrogens is 387 g/mol. The number of likely N-dealkylation sites (tertiary alicyclic amines) is 2. The van der Waals surface area contributed by atoms with E-state index in [1.165, 1.54) is 25.0 Å². The highest BCUT2D eigenvalue weighted by Crippen LogP contribution is 2.40. The van der Waals surface area contributed by atoms with Gasteiger partial charge < -0.3 is 9.80 Å². The third-order valence-corrected chi connectivity index (χ3v) is 7.58. The number of carbonyl (C=O) groups excluding carboxylic acids is 1. The molecule has 0 saturated carbocycles. The van der Waals surface area contributed by atoms with Gasteiger partial charge in [0.25, 0.3) is 0 Å². The average Bonchev–Trinajstić information content (AvgIpc) is 3.42. The van der Waals surface area contributed by atoms with Gasteiger partial charge in [-0.25, -0.2) is 4.39 Å². The highest BCUT2D eigenvalue weighted by atomic mass is 32.2. The summed E-state index contributed by atoms with van der Waals surface area (Å²) in [6.45, 7) is 6.44. The monoisotopic (exact) mass is 414 g/mol. The first-order valence-corrected chi connectivity index (χ1v) is 11.4. The molecule has 29 heavy (non-hydrogen) atoms. The second kappa shape index (κ2) is 7.76. The van der Waals surface area contributed by atoms with Crippen molar-refractivity contribution in [1.29, 1.82) is 0 Å². The first-order chi connectivity index (χ1) is 14.1. The van der Waals surface area contributed by atoms with Crippen molar-refractivity contribution in [2.75, 3.05) is 39.3 Å². The summed E-state index contributed by atoms with van der Waals surface area (Å²) in [5, 5.41) is 3.14. The molecule has 1 aromatic carbocycles. The lowest BCUT2D eigenvalue weighted by Crippen LogP contribution is -2.45. The van der Waals surface area contributed by atoms with E-state index in [-0.39, 0.29) is 17.1 Å². The second-order valence-corrected chi connectivity index (χ2v) is 9.56. The van der Waals surface area contributed by atoms with Gasteiger partial charge in [0.15, 0.2) is 5.17 Å². The van der Waals surface area contributed by atoms with Crippen LogP contribution in [0.15, 0.2) is 40.4 Å². The van der Waals surface area contributed by atoms with Gasteiger partial charge in [-0.15, -0.1) is 0 Å². The molecule has 2 fully saturated rings. The largest absolute Gasteiger partial charge is 0.342 e. The minimum Gasteiger partial charge on any atom is -0.342 e.